The van der Waals surface area contributed by atoms with Crippen molar-refractivity contribution in [1.29, 1.82) is 0 Å². The van der Waals surface area contributed by atoms with Crippen LogP contribution in [0.25, 0.3) is 11.2 Å². The highest BCUT2D eigenvalue weighted by molar-refractivity contribution is 5.74. The Morgan fingerprint density at radius 3 is 2.52 bits per heavy atom. The van der Waals surface area contributed by atoms with Gasteiger partial charge in [-0.2, -0.15) is 4.98 Å². The van der Waals surface area contributed by atoms with Crippen LogP contribution in [0.15, 0.2) is 39.9 Å². The molecule has 2 heterocycles. The first-order valence-corrected chi connectivity index (χ1v) is 8.09. The van der Waals surface area contributed by atoms with E-state index < -0.39 is 5.69 Å². The van der Waals surface area contributed by atoms with Crippen molar-refractivity contribution in [2.45, 2.75) is 13.0 Å². The summed E-state index contributed by atoms with van der Waals surface area (Å²) in [7, 11) is 3.34. The van der Waals surface area contributed by atoms with Crippen molar-refractivity contribution in [2.75, 3.05) is 18.5 Å². The fourth-order valence-corrected chi connectivity index (χ4v) is 2.79. The standard InChI is InChI=1S/C17H21N5O3/c1-20-13-14(19-16(20)18-9-6-10-23)21(2)17(25)22(15(13)24)11-12-7-4-3-5-8-12/h3-5,7-8,23H,6,9-11H2,1-2H3,(H,18,19). The Morgan fingerprint density at radius 1 is 1.12 bits per heavy atom. The Labute approximate surface area is 144 Å². The van der Waals surface area contributed by atoms with E-state index in [4.69, 9.17) is 5.11 Å². The molecule has 8 heteroatoms. The number of nitrogens with one attached hydrogen (secondary N) is 1. The average molecular weight is 343 g/mol. The lowest BCUT2D eigenvalue weighted by molar-refractivity contribution is 0.292. The number of aryl methyl sites for hydroxylation is 2. The number of aliphatic hydroxyl groups excluding tert-OH is 1. The molecule has 3 aromatic rings. The van der Waals surface area contributed by atoms with E-state index in [2.05, 4.69) is 10.3 Å². The van der Waals surface area contributed by atoms with Crippen molar-refractivity contribution in [3.63, 3.8) is 0 Å². The van der Waals surface area contributed by atoms with E-state index in [1.165, 1.54) is 9.13 Å². The second-order valence-electron chi connectivity index (χ2n) is 5.89. The maximum absolute atomic E-state index is 12.9. The molecule has 0 saturated carbocycles. The predicted octanol–water partition coefficient (Wildman–Crippen LogP) is 0.276. The summed E-state index contributed by atoms with van der Waals surface area (Å²) in [6.45, 7) is 0.805. The van der Waals surface area contributed by atoms with Crippen LogP contribution in [0.4, 0.5) is 5.95 Å². The fourth-order valence-electron chi connectivity index (χ4n) is 2.79. The highest BCUT2D eigenvalue weighted by atomic mass is 16.3. The second-order valence-corrected chi connectivity index (χ2v) is 5.89. The number of nitrogens with zero attached hydrogens (tertiary/aromatic N) is 4. The molecule has 0 radical (unpaired) electrons. The summed E-state index contributed by atoms with van der Waals surface area (Å²) >= 11 is 0. The predicted molar refractivity (Wildman–Crippen MR) is 96.0 cm³/mol. The third kappa shape index (κ3) is 3.08. The monoisotopic (exact) mass is 343 g/mol. The first-order chi connectivity index (χ1) is 12.0. The number of benzene rings is 1. The van der Waals surface area contributed by atoms with E-state index in [0.29, 0.717) is 30.1 Å². The van der Waals surface area contributed by atoms with Crippen molar-refractivity contribution in [3.05, 3.63) is 56.7 Å². The summed E-state index contributed by atoms with van der Waals surface area (Å²) in [5, 5.41) is 12.0. The van der Waals surface area contributed by atoms with Crippen molar-refractivity contribution in [1.82, 2.24) is 18.7 Å². The largest absolute Gasteiger partial charge is 0.396 e. The number of aromatic nitrogens is 4. The van der Waals surface area contributed by atoms with Gasteiger partial charge in [0.25, 0.3) is 5.56 Å². The van der Waals surface area contributed by atoms with E-state index >= 15 is 0 Å². The third-order valence-electron chi connectivity index (χ3n) is 4.16. The molecule has 0 bridgehead atoms. The van der Waals surface area contributed by atoms with Crippen LogP contribution in [-0.2, 0) is 20.6 Å². The average Bonchev–Trinajstić information content (AvgIpc) is 2.95. The van der Waals surface area contributed by atoms with Crippen LogP contribution in [0.2, 0.25) is 0 Å². The molecule has 132 valence electrons. The molecule has 2 aromatic heterocycles. The van der Waals surface area contributed by atoms with Crippen LogP contribution in [-0.4, -0.2) is 36.9 Å². The molecule has 3 rings (SSSR count). The maximum Gasteiger partial charge on any atom is 0.332 e. The number of fused-ring (bicyclic) bond motifs is 1. The summed E-state index contributed by atoms with van der Waals surface area (Å²) in [5.74, 6) is 0.494. The van der Waals surface area contributed by atoms with Gasteiger partial charge in [0.15, 0.2) is 11.2 Å². The molecule has 1 aromatic carbocycles. The van der Waals surface area contributed by atoms with E-state index in [1.807, 2.05) is 30.3 Å². The van der Waals surface area contributed by atoms with Gasteiger partial charge in [-0.3, -0.25) is 13.9 Å². The van der Waals surface area contributed by atoms with E-state index in [-0.39, 0.29) is 18.7 Å². The molecule has 0 atom stereocenters. The normalized spacial score (nSPS) is 11.2. The van der Waals surface area contributed by atoms with Gasteiger partial charge in [-0.15, -0.1) is 0 Å². The molecule has 0 amide bonds. The second kappa shape index (κ2) is 6.94. The lowest BCUT2D eigenvalue weighted by atomic mass is 10.2. The minimum atomic E-state index is -0.402. The number of aliphatic hydroxyl groups is 1. The van der Waals surface area contributed by atoms with Gasteiger partial charge < -0.3 is 15.0 Å². The molecular formula is C17H21N5O3. The highest BCUT2D eigenvalue weighted by Crippen LogP contribution is 2.13. The van der Waals surface area contributed by atoms with Gasteiger partial charge in [0.2, 0.25) is 5.95 Å². The van der Waals surface area contributed by atoms with Crippen molar-refractivity contribution < 1.29 is 5.11 Å². The Bertz CT molecular complexity index is 1000. The van der Waals surface area contributed by atoms with Gasteiger partial charge >= 0.3 is 5.69 Å². The van der Waals surface area contributed by atoms with Gasteiger partial charge in [-0.25, -0.2) is 4.79 Å². The molecular weight excluding hydrogens is 322 g/mol. The van der Waals surface area contributed by atoms with Crippen LogP contribution in [0.3, 0.4) is 0 Å². The highest BCUT2D eigenvalue weighted by Gasteiger charge is 2.18. The van der Waals surface area contributed by atoms with Crippen LogP contribution >= 0.6 is 0 Å². The first-order valence-electron chi connectivity index (χ1n) is 8.09. The molecule has 0 spiro atoms. The maximum atomic E-state index is 12.9. The molecule has 0 aliphatic heterocycles. The zero-order valence-corrected chi connectivity index (χ0v) is 14.3. The Morgan fingerprint density at radius 2 is 1.84 bits per heavy atom. The lowest BCUT2D eigenvalue weighted by Gasteiger charge is -2.08. The summed E-state index contributed by atoms with van der Waals surface area (Å²) < 4.78 is 4.25. The van der Waals surface area contributed by atoms with E-state index in [1.54, 1.807) is 18.7 Å². The zero-order chi connectivity index (χ0) is 18.0. The number of imidazole rings is 1. The van der Waals surface area contributed by atoms with Crippen LogP contribution < -0.4 is 16.6 Å². The SMILES string of the molecule is Cn1c(NCCCO)nc2c1c(=O)n(Cc1ccccc1)c(=O)n2C. The van der Waals surface area contributed by atoms with Gasteiger partial charge in [0.05, 0.1) is 6.54 Å². The summed E-state index contributed by atoms with van der Waals surface area (Å²) in [4.78, 5) is 29.9. The van der Waals surface area contributed by atoms with Crippen molar-refractivity contribution >= 4 is 17.1 Å². The summed E-state index contributed by atoms with van der Waals surface area (Å²) in [6, 6.07) is 9.38. The number of rotatable bonds is 6. The van der Waals surface area contributed by atoms with Gasteiger partial charge in [0, 0.05) is 27.2 Å². The lowest BCUT2D eigenvalue weighted by Crippen LogP contribution is -2.39. The quantitative estimate of drug-likeness (QED) is 0.627. The minimum absolute atomic E-state index is 0.0688. The topological polar surface area (TPSA) is 94.1 Å². The molecule has 2 N–H and O–H groups in total. The zero-order valence-electron chi connectivity index (χ0n) is 14.3. The molecule has 25 heavy (non-hydrogen) atoms. The fraction of sp³-hybridized carbons (Fsp3) is 0.353. The van der Waals surface area contributed by atoms with Gasteiger partial charge in [-0.05, 0) is 12.0 Å². The number of anilines is 1. The Kier molecular flexibility index (Phi) is 4.71. The van der Waals surface area contributed by atoms with Crippen LogP contribution in [0, 0.1) is 0 Å². The summed E-state index contributed by atoms with van der Waals surface area (Å²) in [5.41, 5.74) is 0.816. The number of hydrogen-bond donors (Lipinski definition) is 2. The van der Waals surface area contributed by atoms with E-state index in [9.17, 15) is 9.59 Å². The van der Waals surface area contributed by atoms with Crippen LogP contribution in [0.1, 0.15) is 12.0 Å². The molecule has 0 saturated heterocycles. The van der Waals surface area contributed by atoms with Gasteiger partial charge in [0.1, 0.15) is 0 Å². The van der Waals surface area contributed by atoms with Crippen molar-refractivity contribution in [2.24, 2.45) is 14.1 Å². The number of hydrogen-bond acceptors (Lipinski definition) is 5. The minimum Gasteiger partial charge on any atom is -0.396 e. The van der Waals surface area contributed by atoms with Crippen molar-refractivity contribution in [3.8, 4) is 0 Å². The smallest absolute Gasteiger partial charge is 0.332 e. The Balaban J connectivity index is 2.12. The molecule has 0 aliphatic carbocycles. The van der Waals surface area contributed by atoms with Gasteiger partial charge in [-0.1, -0.05) is 30.3 Å². The van der Waals surface area contributed by atoms with E-state index in [0.717, 1.165) is 5.56 Å². The molecule has 8 nitrogen and oxygen atoms in total. The van der Waals surface area contributed by atoms with Crippen LogP contribution in [0.5, 0.6) is 0 Å². The molecule has 0 aliphatic rings. The molecule has 0 fully saturated rings. The third-order valence-corrected chi connectivity index (χ3v) is 4.16. The summed E-state index contributed by atoms with van der Waals surface area (Å²) in [6.07, 6.45) is 0.570. The Hall–Kier alpha value is -2.87. The molecule has 0 unspecified atom stereocenters. The first kappa shape index (κ1) is 17.0.